The summed E-state index contributed by atoms with van der Waals surface area (Å²) in [6, 6.07) is 0. The van der Waals surface area contributed by atoms with E-state index < -0.39 is 0 Å². The van der Waals surface area contributed by atoms with Crippen molar-refractivity contribution < 1.29 is 13.3 Å². The fourth-order valence-corrected chi connectivity index (χ4v) is 0. The molecule has 0 N–H and O–H groups in total. The van der Waals surface area contributed by atoms with Crippen LogP contribution >= 0.6 is 37.2 Å². The fourth-order valence-electron chi connectivity index (χ4n) is 0. The predicted molar refractivity (Wildman–Crippen MR) is 39.7 cm³/mol. The van der Waals surface area contributed by atoms with Crippen LogP contribution in [0.2, 0.25) is 4.94 Å². The van der Waals surface area contributed by atoms with E-state index in [-0.39, 0.29) is 0 Å². The standard InChI is InChI=1S/CH3.I3.Sn/c;1-3-2;/h1H3;;/q;-1;. The molecule has 0 aliphatic carbocycles. The van der Waals surface area contributed by atoms with Gasteiger partial charge in [0.05, 0.1) is 0 Å². The van der Waals surface area contributed by atoms with Crippen LogP contribution < -0.4 is 13.3 Å². The minimum absolute atomic E-state index is 0.530. The molecule has 0 aromatic rings. The molecular weight excluding hydrogens is 511 g/mol. The van der Waals surface area contributed by atoms with Crippen LogP contribution in [0.4, 0.5) is 0 Å². The maximum atomic E-state index is 2.39. The summed E-state index contributed by atoms with van der Waals surface area (Å²) in [6.07, 6.45) is 0. The molecule has 0 unspecified atom stereocenters. The Balaban J connectivity index is 0. The average Bonchev–Trinajstić information content (AvgIpc) is 1.46. The fraction of sp³-hybridized carbons (Fsp3) is 1.00. The normalized spacial score (nSPS) is 5.60. The third kappa shape index (κ3) is 19.5. The van der Waals surface area contributed by atoms with Gasteiger partial charge in [0.1, 0.15) is 0 Å². The molecule has 3 radical (unpaired) electrons. The van der Waals surface area contributed by atoms with Crippen molar-refractivity contribution in [1.29, 1.82) is 0 Å². The molecule has 0 spiro atoms. The van der Waals surface area contributed by atoms with Crippen molar-refractivity contribution in [3.05, 3.63) is 0 Å². The quantitative estimate of drug-likeness (QED) is 0.287. The van der Waals surface area contributed by atoms with Crippen LogP contribution in [0.1, 0.15) is 0 Å². The molecule has 0 aliphatic heterocycles. The second-order valence-corrected chi connectivity index (χ2v) is 16.3. The first kappa shape index (κ1) is 10.9. The van der Waals surface area contributed by atoms with Crippen LogP contribution in [0.15, 0.2) is 0 Å². The van der Waals surface area contributed by atoms with Crippen LogP contribution in [0, 0.1) is 0 Å². The predicted octanol–water partition coefficient (Wildman–Crippen LogP) is -1.02. The van der Waals surface area contributed by atoms with E-state index in [2.05, 4.69) is 42.2 Å². The topological polar surface area (TPSA) is 0 Å². The first-order chi connectivity index (χ1) is 2.41. The summed E-state index contributed by atoms with van der Waals surface area (Å²) in [6.45, 7) is 0. The Morgan fingerprint density at radius 2 is 1.40 bits per heavy atom. The molecule has 33 valence electrons. The summed E-state index contributed by atoms with van der Waals surface area (Å²) < 4.78 is 0. The summed E-state index contributed by atoms with van der Waals surface area (Å²) in [4.78, 5) is 2.09. The van der Waals surface area contributed by atoms with E-state index in [1.54, 1.807) is 22.5 Å². The maximum absolute atomic E-state index is 2.39. The van der Waals surface area contributed by atoms with Gasteiger partial charge >= 0.3 is 78.0 Å². The van der Waals surface area contributed by atoms with E-state index in [0.717, 1.165) is 0 Å². The van der Waals surface area contributed by atoms with E-state index >= 15 is 0 Å². The monoisotopic (exact) mass is 516 g/mol. The molecule has 0 aliphatic rings. The van der Waals surface area contributed by atoms with Gasteiger partial charge < -0.3 is 0 Å². The molecule has 4 heteroatoms. The van der Waals surface area contributed by atoms with Crippen molar-refractivity contribution in [2.45, 2.75) is 4.94 Å². The van der Waals surface area contributed by atoms with Crippen LogP contribution in [-0.2, 0) is 0 Å². The van der Waals surface area contributed by atoms with Gasteiger partial charge in [0.15, 0.2) is 0 Å². The zero-order valence-electron chi connectivity index (χ0n) is 2.63. The average molecular weight is 514 g/mol. The van der Waals surface area contributed by atoms with Crippen molar-refractivity contribution in [2.24, 2.45) is 0 Å². The van der Waals surface area contributed by atoms with Gasteiger partial charge in [-0.2, -0.15) is 0 Å². The molecule has 0 nitrogen and oxygen atoms in total. The van der Waals surface area contributed by atoms with E-state index in [0.29, 0.717) is 13.3 Å². The summed E-state index contributed by atoms with van der Waals surface area (Å²) in [5.41, 5.74) is 0. The SMILES string of the molecule is I[I-]I.[CH3][Sn]. The van der Waals surface area contributed by atoms with Crippen LogP contribution in [0.3, 0.4) is 0 Å². The van der Waals surface area contributed by atoms with Crippen molar-refractivity contribution in [1.82, 2.24) is 0 Å². The van der Waals surface area contributed by atoms with Gasteiger partial charge in [-0.1, -0.05) is 0 Å². The van der Waals surface area contributed by atoms with Gasteiger partial charge in [-0.15, -0.1) is 0 Å². The molecular formula is CH3I3Sn-. The molecule has 0 rings (SSSR count). The number of rotatable bonds is 0. The van der Waals surface area contributed by atoms with Gasteiger partial charge in [0.2, 0.25) is 0 Å². The van der Waals surface area contributed by atoms with Gasteiger partial charge in [-0.25, -0.2) is 0 Å². The molecule has 0 amide bonds. The Hall–Kier alpha value is 2.99. The van der Waals surface area contributed by atoms with Gasteiger partial charge in [0, 0.05) is 0 Å². The van der Waals surface area contributed by atoms with Gasteiger partial charge in [-0.05, 0) is 0 Å². The van der Waals surface area contributed by atoms with Crippen LogP contribution in [-0.4, -0.2) is 22.5 Å². The Bertz CT molecular complexity index is 6.85. The summed E-state index contributed by atoms with van der Waals surface area (Å²) >= 11 is 6.85. The third-order valence-electron chi connectivity index (χ3n) is 0. The van der Waals surface area contributed by atoms with Crippen LogP contribution in [0.25, 0.3) is 0 Å². The number of hydrogen-bond donors (Lipinski definition) is 0. The summed E-state index contributed by atoms with van der Waals surface area (Å²) in [7, 11) is 0. The Morgan fingerprint density at radius 3 is 1.40 bits per heavy atom. The zero-order valence-corrected chi connectivity index (χ0v) is 12.0. The third-order valence-corrected chi connectivity index (χ3v) is 0. The first-order valence-corrected chi connectivity index (χ1v) is 16.2. The number of halogens is 3. The van der Waals surface area contributed by atoms with E-state index in [4.69, 9.17) is 0 Å². The summed E-state index contributed by atoms with van der Waals surface area (Å²) in [5.74, 6) is 0. The first-order valence-electron chi connectivity index (χ1n) is 0.786. The number of hydrogen-bond acceptors (Lipinski definition) is 0. The molecule has 0 heterocycles. The van der Waals surface area contributed by atoms with E-state index in [9.17, 15) is 0 Å². The summed E-state index contributed by atoms with van der Waals surface area (Å²) in [5, 5.41) is 0. The van der Waals surface area contributed by atoms with E-state index in [1.807, 2.05) is 0 Å². The van der Waals surface area contributed by atoms with Crippen LogP contribution in [0.5, 0.6) is 0 Å². The molecule has 5 heavy (non-hydrogen) atoms. The molecule has 0 aromatic heterocycles. The van der Waals surface area contributed by atoms with E-state index in [1.165, 1.54) is 0 Å². The Labute approximate surface area is 75.9 Å². The molecule has 0 atom stereocenters. The van der Waals surface area contributed by atoms with Gasteiger partial charge in [-0.3, -0.25) is 0 Å². The second kappa shape index (κ2) is 15.8. The van der Waals surface area contributed by atoms with Crippen molar-refractivity contribution in [3.63, 3.8) is 0 Å². The van der Waals surface area contributed by atoms with Crippen molar-refractivity contribution >= 4 is 59.8 Å². The Kier molecular flexibility index (Phi) is 34.3. The minimum atomic E-state index is 0.530. The molecule has 0 bridgehead atoms. The molecule has 0 fully saturated rings. The zero-order chi connectivity index (χ0) is 4.71. The van der Waals surface area contributed by atoms with Crippen molar-refractivity contribution in [3.8, 4) is 0 Å². The second-order valence-electron chi connectivity index (χ2n) is 0.0540. The molecule has 0 aromatic carbocycles. The van der Waals surface area contributed by atoms with Gasteiger partial charge in [0.25, 0.3) is 0 Å². The molecule has 0 saturated carbocycles. The molecule has 0 saturated heterocycles. The Morgan fingerprint density at radius 1 is 1.40 bits per heavy atom. The van der Waals surface area contributed by atoms with Crippen molar-refractivity contribution in [2.75, 3.05) is 0 Å².